The molecular formula is C19H19N3O4. The number of rotatable bonds is 6. The number of ether oxygens (including phenoxy) is 2. The molecule has 0 radical (unpaired) electrons. The standard InChI is InChI=1S/C19H19N3O4/c1-22(2)15-8-4-7-14(10-15)19(23)25-12-17-20-18(21-26-17)13-6-5-9-16(11-13)24-3/h4-11H,12H2,1-3H3. The maximum atomic E-state index is 12.2. The molecule has 0 saturated carbocycles. The summed E-state index contributed by atoms with van der Waals surface area (Å²) < 4.78 is 15.6. The minimum atomic E-state index is -0.449. The van der Waals surface area contributed by atoms with Crippen molar-refractivity contribution in [1.29, 1.82) is 0 Å². The van der Waals surface area contributed by atoms with E-state index in [1.807, 2.05) is 43.3 Å². The van der Waals surface area contributed by atoms with Crippen LogP contribution in [-0.4, -0.2) is 37.3 Å². The number of benzene rings is 2. The van der Waals surface area contributed by atoms with Crippen LogP contribution < -0.4 is 9.64 Å². The highest BCUT2D eigenvalue weighted by molar-refractivity contribution is 5.90. The van der Waals surface area contributed by atoms with Gasteiger partial charge in [-0.25, -0.2) is 4.79 Å². The van der Waals surface area contributed by atoms with Crippen LogP contribution in [-0.2, 0) is 11.3 Å². The van der Waals surface area contributed by atoms with Crippen molar-refractivity contribution in [2.24, 2.45) is 0 Å². The van der Waals surface area contributed by atoms with Crippen molar-refractivity contribution in [2.45, 2.75) is 6.61 Å². The van der Waals surface area contributed by atoms with E-state index in [-0.39, 0.29) is 12.5 Å². The molecule has 0 aliphatic rings. The van der Waals surface area contributed by atoms with Crippen molar-refractivity contribution in [1.82, 2.24) is 10.1 Å². The Morgan fingerprint density at radius 3 is 2.73 bits per heavy atom. The molecule has 3 rings (SSSR count). The van der Waals surface area contributed by atoms with Crippen molar-refractivity contribution in [3.63, 3.8) is 0 Å². The van der Waals surface area contributed by atoms with Crippen molar-refractivity contribution >= 4 is 11.7 Å². The zero-order valence-electron chi connectivity index (χ0n) is 14.8. The van der Waals surface area contributed by atoms with Gasteiger partial charge in [0, 0.05) is 25.3 Å². The van der Waals surface area contributed by atoms with Gasteiger partial charge in [-0.2, -0.15) is 4.98 Å². The first-order chi connectivity index (χ1) is 12.6. The molecule has 0 unspecified atom stereocenters. The molecule has 0 aliphatic heterocycles. The Balaban J connectivity index is 1.66. The average molecular weight is 353 g/mol. The van der Waals surface area contributed by atoms with Crippen LogP contribution in [0.15, 0.2) is 53.1 Å². The van der Waals surface area contributed by atoms with Gasteiger partial charge in [0.05, 0.1) is 12.7 Å². The first kappa shape index (κ1) is 17.5. The average Bonchev–Trinajstić information content (AvgIpc) is 3.15. The van der Waals surface area contributed by atoms with E-state index < -0.39 is 5.97 Å². The Kier molecular flexibility index (Phi) is 5.17. The van der Waals surface area contributed by atoms with E-state index in [0.717, 1.165) is 11.3 Å². The number of nitrogens with zero attached hydrogens (tertiary/aromatic N) is 3. The summed E-state index contributed by atoms with van der Waals surface area (Å²) in [4.78, 5) is 18.4. The van der Waals surface area contributed by atoms with E-state index >= 15 is 0 Å². The van der Waals surface area contributed by atoms with Gasteiger partial charge in [0.2, 0.25) is 5.82 Å². The normalized spacial score (nSPS) is 10.4. The highest BCUT2D eigenvalue weighted by Crippen LogP contribution is 2.21. The van der Waals surface area contributed by atoms with Crippen LogP contribution >= 0.6 is 0 Å². The number of anilines is 1. The molecule has 0 fully saturated rings. The van der Waals surface area contributed by atoms with Crippen molar-refractivity contribution < 1.29 is 18.8 Å². The second-order valence-electron chi connectivity index (χ2n) is 5.76. The Hall–Kier alpha value is -3.35. The van der Waals surface area contributed by atoms with Crippen LogP contribution in [0.4, 0.5) is 5.69 Å². The van der Waals surface area contributed by atoms with E-state index in [1.54, 1.807) is 31.4 Å². The summed E-state index contributed by atoms with van der Waals surface area (Å²) in [6.45, 7) is -0.0952. The lowest BCUT2D eigenvalue weighted by Gasteiger charge is -2.12. The van der Waals surface area contributed by atoms with Crippen molar-refractivity contribution in [2.75, 3.05) is 26.1 Å². The molecule has 1 heterocycles. The molecule has 0 spiro atoms. The predicted molar refractivity (Wildman–Crippen MR) is 96.2 cm³/mol. The largest absolute Gasteiger partial charge is 0.497 e. The van der Waals surface area contributed by atoms with Crippen LogP contribution in [0, 0.1) is 0 Å². The van der Waals surface area contributed by atoms with Gasteiger partial charge in [0.15, 0.2) is 6.61 Å². The minimum absolute atomic E-state index is 0.0952. The van der Waals surface area contributed by atoms with Gasteiger partial charge in [-0.3, -0.25) is 0 Å². The first-order valence-electron chi connectivity index (χ1n) is 7.98. The quantitative estimate of drug-likeness (QED) is 0.630. The van der Waals surface area contributed by atoms with E-state index in [0.29, 0.717) is 17.1 Å². The summed E-state index contributed by atoms with van der Waals surface area (Å²) in [6, 6.07) is 14.5. The predicted octanol–water partition coefficient (Wildman–Crippen LogP) is 3.17. The summed E-state index contributed by atoms with van der Waals surface area (Å²) in [5.41, 5.74) is 2.13. The maximum absolute atomic E-state index is 12.2. The number of aromatic nitrogens is 2. The zero-order chi connectivity index (χ0) is 18.5. The highest BCUT2D eigenvalue weighted by atomic mass is 16.6. The molecule has 0 atom stereocenters. The Labute approximate surface area is 151 Å². The van der Waals surface area contributed by atoms with Crippen LogP contribution in [0.2, 0.25) is 0 Å². The summed E-state index contributed by atoms with van der Waals surface area (Å²) in [6.07, 6.45) is 0. The summed E-state index contributed by atoms with van der Waals surface area (Å²) in [7, 11) is 5.40. The maximum Gasteiger partial charge on any atom is 0.338 e. The fourth-order valence-electron chi connectivity index (χ4n) is 2.31. The van der Waals surface area contributed by atoms with Gasteiger partial charge < -0.3 is 18.9 Å². The molecule has 0 aliphatic carbocycles. The molecule has 7 nitrogen and oxygen atoms in total. The fraction of sp³-hybridized carbons (Fsp3) is 0.211. The number of carbonyl (C=O) groups is 1. The van der Waals surface area contributed by atoms with Crippen LogP contribution in [0.3, 0.4) is 0 Å². The van der Waals surface area contributed by atoms with Crippen LogP contribution in [0.25, 0.3) is 11.4 Å². The lowest BCUT2D eigenvalue weighted by molar-refractivity contribution is 0.0430. The fourth-order valence-corrected chi connectivity index (χ4v) is 2.31. The zero-order valence-corrected chi connectivity index (χ0v) is 14.8. The third-order valence-corrected chi connectivity index (χ3v) is 3.72. The van der Waals surface area contributed by atoms with Gasteiger partial charge in [0.1, 0.15) is 5.75 Å². The molecule has 1 aromatic heterocycles. The van der Waals surface area contributed by atoms with Crippen molar-refractivity contribution in [3.8, 4) is 17.1 Å². The third-order valence-electron chi connectivity index (χ3n) is 3.72. The summed E-state index contributed by atoms with van der Waals surface area (Å²) >= 11 is 0. The molecule has 26 heavy (non-hydrogen) atoms. The molecule has 0 N–H and O–H groups in total. The van der Waals surface area contributed by atoms with Gasteiger partial charge in [0.25, 0.3) is 5.89 Å². The summed E-state index contributed by atoms with van der Waals surface area (Å²) in [5, 5.41) is 3.91. The lowest BCUT2D eigenvalue weighted by atomic mass is 10.2. The van der Waals surface area contributed by atoms with Gasteiger partial charge >= 0.3 is 5.97 Å². The molecule has 7 heteroatoms. The molecular weight excluding hydrogens is 334 g/mol. The second-order valence-corrected chi connectivity index (χ2v) is 5.76. The number of esters is 1. The van der Waals surface area contributed by atoms with E-state index in [2.05, 4.69) is 10.1 Å². The highest BCUT2D eigenvalue weighted by Gasteiger charge is 2.13. The smallest absolute Gasteiger partial charge is 0.338 e. The molecule has 0 bridgehead atoms. The Morgan fingerprint density at radius 2 is 1.96 bits per heavy atom. The minimum Gasteiger partial charge on any atom is -0.497 e. The summed E-state index contributed by atoms with van der Waals surface area (Å²) in [5.74, 6) is 0.875. The number of carbonyl (C=O) groups excluding carboxylic acids is 1. The van der Waals surface area contributed by atoms with E-state index in [4.69, 9.17) is 14.0 Å². The lowest BCUT2D eigenvalue weighted by Crippen LogP contribution is -2.11. The van der Waals surface area contributed by atoms with E-state index in [9.17, 15) is 4.79 Å². The van der Waals surface area contributed by atoms with Crippen LogP contribution in [0.1, 0.15) is 16.2 Å². The third kappa shape index (κ3) is 4.00. The molecule has 3 aromatic rings. The van der Waals surface area contributed by atoms with Crippen LogP contribution in [0.5, 0.6) is 5.75 Å². The van der Waals surface area contributed by atoms with Gasteiger partial charge in [-0.05, 0) is 30.3 Å². The topological polar surface area (TPSA) is 77.7 Å². The number of methoxy groups -OCH3 is 1. The number of hydrogen-bond donors (Lipinski definition) is 0. The molecule has 0 amide bonds. The Bertz CT molecular complexity index is 905. The van der Waals surface area contributed by atoms with E-state index in [1.165, 1.54) is 0 Å². The van der Waals surface area contributed by atoms with Gasteiger partial charge in [-0.1, -0.05) is 23.4 Å². The monoisotopic (exact) mass is 353 g/mol. The SMILES string of the molecule is COc1cccc(-c2noc(COC(=O)c3cccc(N(C)C)c3)n2)c1. The molecule has 0 saturated heterocycles. The molecule has 134 valence electrons. The number of hydrogen-bond acceptors (Lipinski definition) is 7. The van der Waals surface area contributed by atoms with Gasteiger partial charge in [-0.15, -0.1) is 0 Å². The Morgan fingerprint density at radius 1 is 1.15 bits per heavy atom. The first-order valence-corrected chi connectivity index (χ1v) is 7.98. The molecule has 2 aromatic carbocycles. The van der Waals surface area contributed by atoms with Crippen molar-refractivity contribution in [3.05, 3.63) is 60.0 Å². The second kappa shape index (κ2) is 7.69.